The maximum absolute atomic E-state index is 12.6. The summed E-state index contributed by atoms with van der Waals surface area (Å²) in [4.78, 5) is 37.3. The highest BCUT2D eigenvalue weighted by molar-refractivity contribution is 8.01. The highest BCUT2D eigenvalue weighted by atomic mass is 32.2. The molecule has 100 valence electrons. The standard InChI is InChI=1S/C12H18N2O3S/c1-11(2)9(16)13-8(15)7-14(11)10(17)12(3)5-4-6-18-12/h4-7H2,1-3H3,(H,13,15,16). The number of nitrogens with one attached hydrogen (secondary N) is 1. The maximum atomic E-state index is 12.6. The van der Waals surface area contributed by atoms with Crippen LogP contribution < -0.4 is 5.32 Å². The second-order valence-electron chi connectivity index (χ2n) is 5.51. The minimum atomic E-state index is -0.961. The van der Waals surface area contributed by atoms with Gasteiger partial charge in [-0.25, -0.2) is 0 Å². The largest absolute Gasteiger partial charge is 0.318 e. The van der Waals surface area contributed by atoms with Gasteiger partial charge in [-0.05, 0) is 39.4 Å². The SMILES string of the molecule is CC1(C(=O)N2CC(=O)NC(=O)C2(C)C)CCCS1. The Morgan fingerprint density at radius 3 is 2.56 bits per heavy atom. The average Bonchev–Trinajstić information content (AvgIpc) is 2.71. The van der Waals surface area contributed by atoms with Crippen molar-refractivity contribution in [2.45, 2.75) is 43.9 Å². The van der Waals surface area contributed by atoms with Gasteiger partial charge in [0, 0.05) is 0 Å². The normalized spacial score (nSPS) is 31.4. The van der Waals surface area contributed by atoms with E-state index >= 15 is 0 Å². The predicted molar refractivity (Wildman–Crippen MR) is 69.0 cm³/mol. The smallest absolute Gasteiger partial charge is 0.252 e. The van der Waals surface area contributed by atoms with E-state index in [0.717, 1.165) is 18.6 Å². The monoisotopic (exact) mass is 270 g/mol. The fourth-order valence-corrected chi connectivity index (χ4v) is 3.60. The van der Waals surface area contributed by atoms with E-state index in [-0.39, 0.29) is 12.5 Å². The van der Waals surface area contributed by atoms with Crippen LogP contribution in [0.3, 0.4) is 0 Å². The Morgan fingerprint density at radius 1 is 1.33 bits per heavy atom. The second kappa shape index (κ2) is 4.26. The number of amides is 3. The number of thioether (sulfide) groups is 1. The van der Waals surface area contributed by atoms with Gasteiger partial charge in [-0.3, -0.25) is 19.7 Å². The van der Waals surface area contributed by atoms with Crippen molar-refractivity contribution in [2.75, 3.05) is 12.3 Å². The zero-order valence-corrected chi connectivity index (χ0v) is 11.7. The van der Waals surface area contributed by atoms with Gasteiger partial charge in [-0.1, -0.05) is 0 Å². The van der Waals surface area contributed by atoms with Gasteiger partial charge in [0.25, 0.3) is 5.91 Å². The van der Waals surface area contributed by atoms with Crippen molar-refractivity contribution in [1.82, 2.24) is 10.2 Å². The molecular weight excluding hydrogens is 252 g/mol. The van der Waals surface area contributed by atoms with Gasteiger partial charge in [-0.15, -0.1) is 11.8 Å². The van der Waals surface area contributed by atoms with Crippen LogP contribution in [0.1, 0.15) is 33.6 Å². The number of nitrogens with zero attached hydrogens (tertiary/aromatic N) is 1. The second-order valence-corrected chi connectivity index (χ2v) is 7.11. The lowest BCUT2D eigenvalue weighted by Crippen LogP contribution is -2.67. The summed E-state index contributed by atoms with van der Waals surface area (Å²) in [7, 11) is 0. The minimum absolute atomic E-state index is 0.0340. The molecule has 6 heteroatoms. The zero-order valence-electron chi connectivity index (χ0n) is 10.9. The van der Waals surface area contributed by atoms with E-state index in [4.69, 9.17) is 0 Å². The summed E-state index contributed by atoms with van der Waals surface area (Å²) in [5.74, 6) is 0.0487. The molecule has 18 heavy (non-hydrogen) atoms. The lowest BCUT2D eigenvalue weighted by atomic mass is 9.94. The fourth-order valence-electron chi connectivity index (χ4n) is 2.34. The van der Waals surface area contributed by atoms with Gasteiger partial charge in [0.05, 0.1) is 4.75 Å². The molecule has 0 aromatic rings. The van der Waals surface area contributed by atoms with Crippen LogP contribution in [0.25, 0.3) is 0 Å². The molecule has 0 aromatic heterocycles. The van der Waals surface area contributed by atoms with E-state index in [1.165, 1.54) is 4.90 Å². The average molecular weight is 270 g/mol. The number of imide groups is 1. The molecule has 0 aliphatic carbocycles. The molecule has 5 nitrogen and oxygen atoms in total. The van der Waals surface area contributed by atoms with Crippen molar-refractivity contribution >= 4 is 29.5 Å². The van der Waals surface area contributed by atoms with Crippen molar-refractivity contribution < 1.29 is 14.4 Å². The van der Waals surface area contributed by atoms with E-state index in [9.17, 15) is 14.4 Å². The van der Waals surface area contributed by atoms with Crippen molar-refractivity contribution in [1.29, 1.82) is 0 Å². The summed E-state index contributed by atoms with van der Waals surface area (Å²) in [6.07, 6.45) is 1.81. The third-order valence-corrected chi connectivity index (χ3v) is 5.21. The number of hydrogen-bond acceptors (Lipinski definition) is 4. The maximum Gasteiger partial charge on any atom is 0.252 e. The van der Waals surface area contributed by atoms with Gasteiger partial charge in [0.1, 0.15) is 12.1 Å². The Balaban J connectivity index is 2.27. The highest BCUT2D eigenvalue weighted by Gasteiger charge is 2.49. The van der Waals surface area contributed by atoms with Gasteiger partial charge in [-0.2, -0.15) is 0 Å². The number of hydrogen-bond donors (Lipinski definition) is 1. The molecule has 0 bridgehead atoms. The van der Waals surface area contributed by atoms with Crippen LogP contribution in [-0.4, -0.2) is 45.2 Å². The number of carbonyl (C=O) groups is 3. The molecule has 2 rings (SSSR count). The van der Waals surface area contributed by atoms with E-state index in [1.54, 1.807) is 25.6 Å². The molecule has 1 atom stereocenters. The first kappa shape index (κ1) is 13.4. The van der Waals surface area contributed by atoms with Gasteiger partial charge < -0.3 is 4.90 Å². The van der Waals surface area contributed by atoms with Crippen LogP contribution in [0.15, 0.2) is 0 Å². The molecular formula is C12H18N2O3S. The minimum Gasteiger partial charge on any atom is -0.318 e. The van der Waals surface area contributed by atoms with E-state index in [1.807, 2.05) is 6.92 Å². The number of piperazine rings is 1. The first-order valence-corrected chi connectivity index (χ1v) is 7.06. The fraction of sp³-hybridized carbons (Fsp3) is 0.750. The first-order chi connectivity index (χ1) is 8.27. The molecule has 3 amide bonds. The Labute approximate surface area is 111 Å². The molecule has 2 saturated heterocycles. The quantitative estimate of drug-likeness (QED) is 0.706. The zero-order chi connectivity index (χ0) is 13.6. The van der Waals surface area contributed by atoms with Crippen LogP contribution >= 0.6 is 11.8 Å². The molecule has 2 aliphatic heterocycles. The van der Waals surface area contributed by atoms with Crippen LogP contribution in [0.4, 0.5) is 0 Å². The van der Waals surface area contributed by atoms with Crippen molar-refractivity contribution in [3.8, 4) is 0 Å². The molecule has 2 aliphatic rings. The summed E-state index contributed by atoms with van der Waals surface area (Å²) in [5, 5.41) is 2.28. The Kier molecular flexibility index (Phi) is 3.17. The third-order valence-electron chi connectivity index (χ3n) is 3.70. The van der Waals surface area contributed by atoms with Gasteiger partial charge in [0.2, 0.25) is 11.8 Å². The molecule has 0 radical (unpaired) electrons. The summed E-state index contributed by atoms with van der Waals surface area (Å²) in [5.41, 5.74) is -0.961. The van der Waals surface area contributed by atoms with Crippen LogP contribution in [0.5, 0.6) is 0 Å². The van der Waals surface area contributed by atoms with Gasteiger partial charge in [0.15, 0.2) is 0 Å². The molecule has 2 fully saturated rings. The molecule has 1 N–H and O–H groups in total. The Morgan fingerprint density at radius 2 is 2.00 bits per heavy atom. The molecule has 2 heterocycles. The van der Waals surface area contributed by atoms with E-state index < -0.39 is 22.1 Å². The number of rotatable bonds is 1. The first-order valence-electron chi connectivity index (χ1n) is 6.08. The lowest BCUT2D eigenvalue weighted by Gasteiger charge is -2.43. The van der Waals surface area contributed by atoms with Crippen molar-refractivity contribution in [3.63, 3.8) is 0 Å². The van der Waals surface area contributed by atoms with Gasteiger partial charge >= 0.3 is 0 Å². The van der Waals surface area contributed by atoms with Crippen LogP contribution in [0.2, 0.25) is 0 Å². The predicted octanol–water partition coefficient (Wildman–Crippen LogP) is 0.536. The van der Waals surface area contributed by atoms with Crippen molar-refractivity contribution in [3.05, 3.63) is 0 Å². The topological polar surface area (TPSA) is 66.5 Å². The summed E-state index contributed by atoms with van der Waals surface area (Å²) in [6.45, 7) is 5.22. The Hall–Kier alpha value is -1.04. The van der Waals surface area contributed by atoms with E-state index in [0.29, 0.717) is 0 Å². The Bertz CT molecular complexity index is 414. The summed E-state index contributed by atoms with van der Waals surface area (Å²) >= 11 is 1.62. The third kappa shape index (κ3) is 2.02. The lowest BCUT2D eigenvalue weighted by molar-refractivity contribution is -0.156. The summed E-state index contributed by atoms with van der Waals surface area (Å²) in [6, 6.07) is 0. The molecule has 1 unspecified atom stereocenters. The highest BCUT2D eigenvalue weighted by Crippen LogP contribution is 2.40. The molecule has 0 saturated carbocycles. The van der Waals surface area contributed by atoms with Crippen LogP contribution in [0, 0.1) is 0 Å². The van der Waals surface area contributed by atoms with Crippen molar-refractivity contribution in [2.24, 2.45) is 0 Å². The molecule has 0 spiro atoms. The van der Waals surface area contributed by atoms with Crippen LogP contribution in [-0.2, 0) is 14.4 Å². The van der Waals surface area contributed by atoms with E-state index in [2.05, 4.69) is 5.32 Å². The molecule has 0 aromatic carbocycles. The number of carbonyl (C=O) groups excluding carboxylic acids is 3. The summed E-state index contributed by atoms with van der Waals surface area (Å²) < 4.78 is -0.491.